The van der Waals surface area contributed by atoms with E-state index in [0.717, 1.165) is 36.6 Å². The number of nitrogens with one attached hydrogen (secondary N) is 1. The van der Waals surface area contributed by atoms with Crippen molar-refractivity contribution in [3.8, 4) is 23.7 Å². The Kier molecular flexibility index (Phi) is 20.1. The van der Waals surface area contributed by atoms with Crippen molar-refractivity contribution in [2.24, 2.45) is 10.8 Å². The van der Waals surface area contributed by atoms with Gasteiger partial charge in [-0.3, -0.25) is 19.4 Å². The molecule has 0 aliphatic carbocycles. The molecular weight excluding hydrogens is 950 g/mol. The van der Waals surface area contributed by atoms with Gasteiger partial charge in [-0.2, -0.15) is 52.7 Å². The number of hydrogen-bond acceptors (Lipinski definition) is 8. The zero-order valence-electron chi connectivity index (χ0n) is 37.1. The summed E-state index contributed by atoms with van der Waals surface area (Å²) in [5.74, 6) is 7.39. The summed E-state index contributed by atoms with van der Waals surface area (Å²) in [6.45, 7) is 13.0. The Morgan fingerprint density at radius 3 is 1.28 bits per heavy atom. The van der Waals surface area contributed by atoms with Crippen molar-refractivity contribution >= 4 is 18.0 Å². The van der Waals surface area contributed by atoms with E-state index in [0.29, 0.717) is 23.2 Å². The predicted molar refractivity (Wildman–Crippen MR) is 214 cm³/mol. The van der Waals surface area contributed by atoms with Crippen LogP contribution in [-0.4, -0.2) is 137 Å². The molecule has 2 heterocycles. The SMILES string of the molecule is Cc1ccc(CN2CCN(C(=O)OC(C(F)(F)F)C(F)(F)F)CC2)c(C#CC(C)(C)C(=O)O)c1F.Cc1ccc(CN2CCNCC2)c(C#CC(C)(C)C(=O)O)c1F.OC(C(F)(F)F)C(F)(F)F. The van der Waals surface area contributed by atoms with Gasteiger partial charge in [-0.1, -0.05) is 47.9 Å². The lowest BCUT2D eigenvalue weighted by atomic mass is 9.93. The third kappa shape index (κ3) is 17.6. The summed E-state index contributed by atoms with van der Waals surface area (Å²) >= 11 is 0. The molecule has 2 aromatic rings. The number of halogens is 14. The van der Waals surface area contributed by atoms with E-state index in [2.05, 4.69) is 38.6 Å². The molecule has 68 heavy (non-hydrogen) atoms. The number of carbonyl (C=O) groups excluding carboxylic acids is 1. The molecule has 0 bridgehead atoms. The molecular formula is C43H48F14N4O7. The summed E-state index contributed by atoms with van der Waals surface area (Å²) in [5.41, 5.74) is -0.325. The minimum Gasteiger partial charge on any atom is -0.480 e. The second-order valence-electron chi connectivity index (χ2n) is 16.4. The van der Waals surface area contributed by atoms with Crippen LogP contribution >= 0.6 is 0 Å². The smallest absolute Gasteiger partial charge is 0.434 e. The van der Waals surface area contributed by atoms with E-state index in [9.17, 15) is 81.0 Å². The third-order valence-electron chi connectivity index (χ3n) is 9.97. The molecule has 25 heteroatoms. The molecule has 0 atom stereocenters. The minimum atomic E-state index is -5.81. The number of aliphatic hydroxyl groups is 1. The number of piperazine rings is 2. The van der Waals surface area contributed by atoms with Crippen molar-refractivity contribution in [1.29, 1.82) is 0 Å². The van der Waals surface area contributed by atoms with E-state index in [1.807, 2.05) is 6.07 Å². The highest BCUT2D eigenvalue weighted by atomic mass is 19.4. The summed E-state index contributed by atoms with van der Waals surface area (Å²) in [5, 5.41) is 29.1. The fourth-order valence-electron chi connectivity index (χ4n) is 5.64. The number of alkyl halides is 12. The van der Waals surface area contributed by atoms with Gasteiger partial charge >= 0.3 is 42.7 Å². The molecule has 1 amide bonds. The number of amides is 1. The maximum atomic E-state index is 14.8. The van der Waals surface area contributed by atoms with Crippen LogP contribution in [0.4, 0.5) is 66.3 Å². The van der Waals surface area contributed by atoms with Gasteiger partial charge in [0.2, 0.25) is 6.10 Å². The second kappa shape index (κ2) is 23.3. The average Bonchev–Trinajstić information content (AvgIpc) is 3.21. The third-order valence-corrected chi connectivity index (χ3v) is 9.97. The number of carboxylic acids is 2. The number of carbonyl (C=O) groups is 3. The predicted octanol–water partition coefficient (Wildman–Crippen LogP) is 7.82. The fourth-order valence-corrected chi connectivity index (χ4v) is 5.64. The molecule has 4 N–H and O–H groups in total. The summed E-state index contributed by atoms with van der Waals surface area (Å²) in [7, 11) is 0. The van der Waals surface area contributed by atoms with Gasteiger partial charge in [0.1, 0.15) is 22.5 Å². The summed E-state index contributed by atoms with van der Waals surface area (Å²) in [4.78, 5) is 39.1. The van der Waals surface area contributed by atoms with Crippen molar-refractivity contribution in [3.63, 3.8) is 0 Å². The number of benzene rings is 2. The molecule has 2 aliphatic rings. The van der Waals surface area contributed by atoms with E-state index in [1.165, 1.54) is 40.7 Å². The summed E-state index contributed by atoms with van der Waals surface area (Å²) in [6.07, 6.45) is -33.1. The van der Waals surface area contributed by atoms with Crippen molar-refractivity contribution in [2.45, 2.75) is 91.5 Å². The summed E-state index contributed by atoms with van der Waals surface area (Å²) < 4.78 is 175. The van der Waals surface area contributed by atoms with Crippen LogP contribution in [0.3, 0.4) is 0 Å². The molecule has 2 aromatic carbocycles. The molecule has 0 unspecified atom stereocenters. The van der Waals surface area contributed by atoms with Crippen LogP contribution in [0.25, 0.3) is 0 Å². The van der Waals surface area contributed by atoms with Crippen LogP contribution in [0.1, 0.15) is 61.1 Å². The summed E-state index contributed by atoms with van der Waals surface area (Å²) in [6, 6.07) is 6.73. The van der Waals surface area contributed by atoms with Gasteiger partial charge in [-0.05, 0) is 63.8 Å². The molecule has 0 saturated carbocycles. The van der Waals surface area contributed by atoms with Crippen LogP contribution in [0.5, 0.6) is 0 Å². The zero-order chi connectivity index (χ0) is 52.4. The van der Waals surface area contributed by atoms with Gasteiger partial charge in [0.25, 0.3) is 6.10 Å². The lowest BCUT2D eigenvalue weighted by Crippen LogP contribution is -2.52. The lowest BCUT2D eigenvalue weighted by Gasteiger charge is -2.35. The Labute approximate surface area is 381 Å². The van der Waals surface area contributed by atoms with Crippen LogP contribution in [0, 0.1) is 60.0 Å². The minimum absolute atomic E-state index is 0.0145. The first-order valence-corrected chi connectivity index (χ1v) is 20.0. The highest BCUT2D eigenvalue weighted by Gasteiger charge is 2.60. The molecule has 4 rings (SSSR count). The van der Waals surface area contributed by atoms with E-state index in [4.69, 9.17) is 10.2 Å². The van der Waals surface area contributed by atoms with E-state index in [1.54, 1.807) is 24.0 Å². The number of nitrogens with zero attached hydrogens (tertiary/aromatic N) is 3. The van der Waals surface area contributed by atoms with E-state index >= 15 is 0 Å². The van der Waals surface area contributed by atoms with Crippen LogP contribution in [0.15, 0.2) is 24.3 Å². The molecule has 2 saturated heterocycles. The van der Waals surface area contributed by atoms with Gasteiger partial charge < -0.3 is 30.3 Å². The second-order valence-corrected chi connectivity index (χ2v) is 16.4. The standard InChI is InChI=1S/C22H23F7N2O4.C18H23FN2O2.C3H2F6O/c1-13-4-5-14(15(16(13)23)6-7-20(2,3)18(32)33)12-30-8-10-31(11-9-30)19(34)35-17(21(24,25)26)22(27,28)29;1-13-4-5-14(12-21-10-8-20-9-11-21)15(16(13)19)6-7-18(2,3)17(22)23;4-2(5,6)1(10)3(7,8)9/h4-5,17H,8-12H2,1-3H3,(H,32,33);4-5,20H,8-12H2,1-3H3,(H,22,23);1,10H. The first-order chi connectivity index (χ1) is 30.9. The Bertz CT molecular complexity index is 2180. The maximum absolute atomic E-state index is 14.8. The van der Waals surface area contributed by atoms with E-state index in [-0.39, 0.29) is 49.7 Å². The van der Waals surface area contributed by atoms with Crippen LogP contribution in [0.2, 0.25) is 0 Å². The fraction of sp³-hybridized carbons (Fsp3) is 0.558. The molecule has 0 spiro atoms. The van der Waals surface area contributed by atoms with E-state index < -0.39 is 71.6 Å². The molecule has 2 fully saturated rings. The first-order valence-electron chi connectivity index (χ1n) is 20.0. The van der Waals surface area contributed by atoms with Crippen molar-refractivity contribution in [3.05, 3.63) is 69.3 Å². The quantitative estimate of drug-likeness (QED) is 0.160. The molecule has 0 aromatic heterocycles. The Balaban J connectivity index is 0.000000409. The van der Waals surface area contributed by atoms with Crippen molar-refractivity contribution < 1.29 is 95.9 Å². The number of carboxylic acid groups (broad SMARTS) is 2. The average molecular weight is 999 g/mol. The number of ether oxygens (including phenoxy) is 1. The van der Waals surface area contributed by atoms with Crippen LogP contribution < -0.4 is 5.32 Å². The maximum Gasteiger partial charge on any atom is 0.434 e. The van der Waals surface area contributed by atoms with Crippen molar-refractivity contribution in [2.75, 3.05) is 52.4 Å². The van der Waals surface area contributed by atoms with Crippen molar-refractivity contribution in [1.82, 2.24) is 20.0 Å². The zero-order valence-corrected chi connectivity index (χ0v) is 37.1. The molecule has 11 nitrogen and oxygen atoms in total. The van der Waals surface area contributed by atoms with Crippen LogP contribution in [-0.2, 0) is 27.4 Å². The number of rotatable bonds is 7. The number of aryl methyl sites for hydroxylation is 2. The number of aliphatic carboxylic acids is 2. The monoisotopic (exact) mass is 998 g/mol. The van der Waals surface area contributed by atoms with Gasteiger partial charge in [0, 0.05) is 65.4 Å². The Morgan fingerprint density at radius 1 is 0.618 bits per heavy atom. The Morgan fingerprint density at radius 2 is 0.971 bits per heavy atom. The lowest BCUT2D eigenvalue weighted by molar-refractivity contribution is -0.309. The topological polar surface area (TPSA) is 143 Å². The molecule has 380 valence electrons. The first kappa shape index (κ1) is 58.8. The van der Waals surface area contributed by atoms with Gasteiger partial charge in [0.15, 0.2) is 0 Å². The number of hydrogen-bond donors (Lipinski definition) is 4. The van der Waals surface area contributed by atoms with Gasteiger partial charge in [-0.15, -0.1) is 0 Å². The molecule has 0 radical (unpaired) electrons. The Hall–Kier alpha value is -5.37. The molecule has 2 aliphatic heterocycles. The highest BCUT2D eigenvalue weighted by Crippen LogP contribution is 2.36. The number of aliphatic hydroxyl groups excluding tert-OH is 1. The van der Waals surface area contributed by atoms with Gasteiger partial charge in [-0.25, -0.2) is 13.6 Å². The largest absolute Gasteiger partial charge is 0.480 e. The normalized spacial score (nSPS) is 15.5. The highest BCUT2D eigenvalue weighted by molar-refractivity contribution is 5.78. The van der Waals surface area contributed by atoms with Gasteiger partial charge in [0.05, 0.1) is 11.1 Å².